The Kier molecular flexibility index (Phi) is 5.42. The van der Waals surface area contributed by atoms with Crippen LogP contribution in [0.3, 0.4) is 0 Å². The number of benzene rings is 2. The second kappa shape index (κ2) is 7.24. The summed E-state index contributed by atoms with van der Waals surface area (Å²) in [5.41, 5.74) is -3.13. The highest BCUT2D eigenvalue weighted by Gasteiger charge is 2.59. The van der Waals surface area contributed by atoms with Gasteiger partial charge in [0.15, 0.2) is 11.4 Å². The van der Waals surface area contributed by atoms with Crippen molar-refractivity contribution in [2.45, 2.75) is 24.6 Å². The molecule has 9 heteroatoms. The molecule has 0 aliphatic carbocycles. The Morgan fingerprint density at radius 3 is 2.54 bits per heavy atom. The molecule has 0 spiro atoms. The molecule has 2 aromatic rings. The Bertz CT molecular complexity index is 937. The van der Waals surface area contributed by atoms with Crippen LogP contribution in [0.5, 0.6) is 5.75 Å². The minimum absolute atomic E-state index is 0.102. The second-order valence-corrected chi connectivity index (χ2v) is 7.99. The number of fused-ring (bicyclic) bond motifs is 1. The first-order valence-electron chi connectivity index (χ1n) is 8.25. The summed E-state index contributed by atoms with van der Waals surface area (Å²) in [7, 11) is 1.56. The van der Waals surface area contributed by atoms with E-state index in [0.29, 0.717) is 4.47 Å². The number of carbonyl (C=O) groups is 1. The van der Waals surface area contributed by atoms with E-state index in [2.05, 4.69) is 15.9 Å². The molecule has 0 fully saturated rings. The molecule has 2 unspecified atom stereocenters. The van der Waals surface area contributed by atoms with E-state index in [1.54, 1.807) is 13.1 Å². The Morgan fingerprint density at radius 2 is 1.93 bits per heavy atom. The fraction of sp³-hybridized carbons (Fsp3) is 0.316. The van der Waals surface area contributed by atoms with Crippen molar-refractivity contribution in [1.29, 1.82) is 0 Å². The quantitative estimate of drug-likeness (QED) is 0.498. The van der Waals surface area contributed by atoms with Crippen LogP contribution in [0.2, 0.25) is 5.02 Å². The van der Waals surface area contributed by atoms with Crippen LogP contribution in [0.25, 0.3) is 0 Å². The van der Waals surface area contributed by atoms with Crippen LogP contribution in [0.1, 0.15) is 24.0 Å². The van der Waals surface area contributed by atoms with Gasteiger partial charge in [0.1, 0.15) is 6.54 Å². The predicted octanol–water partition coefficient (Wildman–Crippen LogP) is 5.01. The standard InChI is InChI=1S/C19H16BrClF3NO3/c1-10(13-5-4-12(20)8-14(13)21)18(27,19(22,23)24)11-3-6-16-15(7-11)25(2)9-17(26)28-16/h3-8,10,27H,9H2,1-2H3. The molecular formula is C19H16BrClF3NO3. The van der Waals surface area contributed by atoms with Crippen LogP contribution >= 0.6 is 27.5 Å². The summed E-state index contributed by atoms with van der Waals surface area (Å²) in [4.78, 5) is 13.0. The van der Waals surface area contributed by atoms with Gasteiger partial charge in [0.25, 0.3) is 0 Å². The summed E-state index contributed by atoms with van der Waals surface area (Å²) in [6.07, 6.45) is -4.99. The van der Waals surface area contributed by atoms with Crippen LogP contribution in [-0.4, -0.2) is 30.8 Å². The number of likely N-dealkylation sites (N-methyl/N-ethyl adjacent to an activating group) is 1. The first kappa shape index (κ1) is 21.0. The SMILES string of the molecule is CC(c1ccc(Br)cc1Cl)C(O)(c1ccc2c(c1)N(C)CC(=O)O2)C(F)(F)F. The van der Waals surface area contributed by atoms with Crippen molar-refractivity contribution in [3.63, 3.8) is 0 Å². The Balaban J connectivity index is 2.15. The van der Waals surface area contributed by atoms with Crippen LogP contribution < -0.4 is 9.64 Å². The van der Waals surface area contributed by atoms with E-state index >= 15 is 0 Å². The zero-order chi connectivity index (χ0) is 20.9. The molecule has 28 heavy (non-hydrogen) atoms. The lowest BCUT2D eigenvalue weighted by atomic mass is 9.77. The van der Waals surface area contributed by atoms with Crippen molar-refractivity contribution in [2.24, 2.45) is 0 Å². The molecule has 0 radical (unpaired) electrons. The highest BCUT2D eigenvalue weighted by Crippen LogP contribution is 2.51. The van der Waals surface area contributed by atoms with E-state index < -0.39 is 23.7 Å². The zero-order valence-electron chi connectivity index (χ0n) is 14.8. The number of nitrogens with zero attached hydrogens (tertiary/aromatic N) is 1. The fourth-order valence-corrected chi connectivity index (χ4v) is 4.15. The summed E-state index contributed by atoms with van der Waals surface area (Å²) in [5.74, 6) is -1.77. The molecule has 0 amide bonds. The third-order valence-corrected chi connectivity index (χ3v) is 5.71. The Morgan fingerprint density at radius 1 is 1.25 bits per heavy atom. The molecule has 0 saturated heterocycles. The number of anilines is 1. The molecule has 0 saturated carbocycles. The summed E-state index contributed by atoms with van der Waals surface area (Å²) >= 11 is 9.37. The third-order valence-electron chi connectivity index (χ3n) is 4.89. The maximum Gasteiger partial charge on any atom is 0.422 e. The van der Waals surface area contributed by atoms with Crippen molar-refractivity contribution in [3.05, 3.63) is 57.0 Å². The van der Waals surface area contributed by atoms with Crippen LogP contribution in [0.4, 0.5) is 18.9 Å². The van der Waals surface area contributed by atoms with Gasteiger partial charge in [-0.3, -0.25) is 0 Å². The molecule has 0 bridgehead atoms. The molecular weight excluding hydrogens is 463 g/mol. The van der Waals surface area contributed by atoms with Crippen molar-refractivity contribution < 1.29 is 27.8 Å². The number of hydrogen-bond donors (Lipinski definition) is 1. The van der Waals surface area contributed by atoms with E-state index in [1.807, 2.05) is 0 Å². The van der Waals surface area contributed by atoms with E-state index in [-0.39, 0.29) is 34.1 Å². The van der Waals surface area contributed by atoms with E-state index in [9.17, 15) is 23.1 Å². The molecule has 3 rings (SSSR count). The number of ether oxygens (including phenoxy) is 1. The number of halogens is 5. The lowest BCUT2D eigenvalue weighted by Gasteiger charge is -2.38. The van der Waals surface area contributed by atoms with Crippen LogP contribution in [0.15, 0.2) is 40.9 Å². The third kappa shape index (κ3) is 3.49. The van der Waals surface area contributed by atoms with Gasteiger partial charge in [0.2, 0.25) is 0 Å². The molecule has 1 heterocycles. The summed E-state index contributed by atoms with van der Waals surface area (Å²) in [6, 6.07) is 8.05. The van der Waals surface area contributed by atoms with Gasteiger partial charge in [-0.1, -0.05) is 46.6 Å². The van der Waals surface area contributed by atoms with Gasteiger partial charge < -0.3 is 14.7 Å². The second-order valence-electron chi connectivity index (χ2n) is 6.66. The summed E-state index contributed by atoms with van der Waals surface area (Å²) < 4.78 is 48.1. The van der Waals surface area contributed by atoms with Crippen molar-refractivity contribution >= 4 is 39.2 Å². The van der Waals surface area contributed by atoms with E-state index in [1.165, 1.54) is 36.1 Å². The first-order chi connectivity index (χ1) is 12.9. The normalized spacial score (nSPS) is 17.6. The van der Waals surface area contributed by atoms with Gasteiger partial charge in [-0.25, -0.2) is 4.79 Å². The predicted molar refractivity (Wildman–Crippen MR) is 103 cm³/mol. The number of esters is 1. The number of rotatable bonds is 3. The smallest absolute Gasteiger partial charge is 0.422 e. The zero-order valence-corrected chi connectivity index (χ0v) is 17.2. The monoisotopic (exact) mass is 477 g/mol. The number of hydrogen-bond acceptors (Lipinski definition) is 4. The molecule has 2 atom stereocenters. The molecule has 150 valence electrons. The largest absolute Gasteiger partial charge is 0.423 e. The average molecular weight is 479 g/mol. The molecule has 0 aromatic heterocycles. The van der Waals surface area contributed by atoms with Crippen molar-refractivity contribution in [2.75, 3.05) is 18.5 Å². The highest BCUT2D eigenvalue weighted by molar-refractivity contribution is 9.10. The number of alkyl halides is 3. The highest BCUT2D eigenvalue weighted by atomic mass is 79.9. The number of carbonyl (C=O) groups excluding carboxylic acids is 1. The van der Waals surface area contributed by atoms with Gasteiger partial charge in [0, 0.05) is 22.5 Å². The first-order valence-corrected chi connectivity index (χ1v) is 9.42. The molecule has 1 aliphatic heterocycles. The van der Waals surface area contributed by atoms with Crippen molar-refractivity contribution in [1.82, 2.24) is 0 Å². The maximum atomic E-state index is 14.1. The van der Waals surface area contributed by atoms with Gasteiger partial charge >= 0.3 is 12.1 Å². The number of aliphatic hydroxyl groups is 1. The van der Waals surface area contributed by atoms with Crippen molar-refractivity contribution in [3.8, 4) is 5.75 Å². The lowest BCUT2D eigenvalue weighted by Crippen LogP contribution is -2.47. The van der Waals surface area contributed by atoms with E-state index in [4.69, 9.17) is 16.3 Å². The molecule has 1 aliphatic rings. The van der Waals surface area contributed by atoms with Gasteiger partial charge in [-0.05, 0) is 35.4 Å². The average Bonchev–Trinajstić information content (AvgIpc) is 2.59. The Hall–Kier alpha value is -1.77. The topological polar surface area (TPSA) is 49.8 Å². The minimum atomic E-state index is -4.99. The molecule has 4 nitrogen and oxygen atoms in total. The minimum Gasteiger partial charge on any atom is -0.423 e. The van der Waals surface area contributed by atoms with Crippen LogP contribution in [0, 0.1) is 0 Å². The van der Waals surface area contributed by atoms with Crippen LogP contribution in [-0.2, 0) is 10.4 Å². The Labute approximate surface area is 173 Å². The lowest BCUT2D eigenvalue weighted by molar-refractivity contribution is -0.274. The van der Waals surface area contributed by atoms with E-state index in [0.717, 1.165) is 6.07 Å². The molecule has 2 aromatic carbocycles. The van der Waals surface area contributed by atoms with Gasteiger partial charge in [-0.15, -0.1) is 0 Å². The van der Waals surface area contributed by atoms with Gasteiger partial charge in [0.05, 0.1) is 5.69 Å². The molecule has 1 N–H and O–H groups in total. The van der Waals surface area contributed by atoms with Gasteiger partial charge in [-0.2, -0.15) is 13.2 Å². The maximum absolute atomic E-state index is 14.1. The fourth-order valence-electron chi connectivity index (χ4n) is 3.31. The summed E-state index contributed by atoms with van der Waals surface area (Å²) in [5, 5.41) is 11.1. The summed E-state index contributed by atoms with van der Waals surface area (Å²) in [6.45, 7) is 1.17.